The molecule has 0 heterocycles. The van der Waals surface area contributed by atoms with Crippen molar-refractivity contribution in [1.29, 1.82) is 0 Å². The van der Waals surface area contributed by atoms with Crippen LogP contribution in [0.2, 0.25) is 0 Å². The van der Waals surface area contributed by atoms with Crippen molar-refractivity contribution in [3.63, 3.8) is 0 Å². The van der Waals surface area contributed by atoms with Gasteiger partial charge in [0, 0.05) is 0 Å². The third-order valence-corrected chi connectivity index (χ3v) is 5.63. The number of nitrogens with zero attached hydrogens (tertiary/aromatic N) is 2. The van der Waals surface area contributed by atoms with E-state index in [0.29, 0.717) is 24.2 Å². The molecular weight excluding hydrogens is 323 g/mol. The van der Waals surface area contributed by atoms with Crippen molar-refractivity contribution >= 4 is 24.3 Å². The maximum Gasteiger partial charge on any atom is 0.363 e. The van der Waals surface area contributed by atoms with Gasteiger partial charge >= 0.3 is 7.60 Å². The second-order valence-corrected chi connectivity index (χ2v) is 7.26. The van der Waals surface area contributed by atoms with Gasteiger partial charge in [-0.2, -0.15) is 5.11 Å². The van der Waals surface area contributed by atoms with Crippen molar-refractivity contribution in [2.75, 3.05) is 13.2 Å². The summed E-state index contributed by atoms with van der Waals surface area (Å²) in [6, 6.07) is 13.2. The molecule has 0 radical (unpaired) electrons. The lowest BCUT2D eigenvalue weighted by atomic mass is 10.2. The fourth-order valence-corrected chi connectivity index (χ4v) is 4.07. The van der Waals surface area contributed by atoms with Crippen molar-refractivity contribution < 1.29 is 13.6 Å². The highest BCUT2D eigenvalue weighted by Gasteiger charge is 2.30. The number of hydrogen-bond acceptors (Lipinski definition) is 5. The van der Waals surface area contributed by atoms with Gasteiger partial charge in [-0.05, 0) is 51.0 Å². The predicted octanol–water partition coefficient (Wildman–Crippen LogP) is 5.61. The molecule has 0 atom stereocenters. The monoisotopic (exact) mass is 346 g/mol. The van der Waals surface area contributed by atoms with Gasteiger partial charge in [-0.25, -0.2) is 0 Å². The minimum atomic E-state index is -3.42. The highest BCUT2D eigenvalue weighted by molar-refractivity contribution is 7.62. The number of hydrogen-bond donors (Lipinski definition) is 0. The Morgan fingerprint density at radius 3 is 2.12 bits per heavy atom. The van der Waals surface area contributed by atoms with Gasteiger partial charge < -0.3 is 9.05 Å². The topological polar surface area (TPSA) is 60.2 Å². The standard InChI is InChI=1S/C18H23N2O3P/c1-5-22-24(21,23-6-2)17-13-9-11-15(4)18(17)20-19-16-12-8-7-10-14(16)3/h7-13H,5-6H2,1-4H3. The molecule has 0 aliphatic rings. The Balaban J connectivity index is 2.51. The summed E-state index contributed by atoms with van der Waals surface area (Å²) in [5, 5.41) is 9.13. The Labute approximate surface area is 143 Å². The van der Waals surface area contributed by atoms with Gasteiger partial charge in [0.1, 0.15) is 5.69 Å². The summed E-state index contributed by atoms with van der Waals surface area (Å²) in [5.74, 6) is 0. The Kier molecular flexibility index (Phi) is 6.44. The zero-order chi connectivity index (χ0) is 17.6. The summed E-state index contributed by atoms with van der Waals surface area (Å²) in [7, 11) is -3.42. The van der Waals surface area contributed by atoms with Crippen LogP contribution in [-0.4, -0.2) is 13.2 Å². The van der Waals surface area contributed by atoms with Crippen molar-refractivity contribution in [3.05, 3.63) is 53.6 Å². The maximum atomic E-state index is 13.1. The molecule has 0 fully saturated rings. The second-order valence-electron chi connectivity index (χ2n) is 5.26. The first-order chi connectivity index (χ1) is 11.5. The van der Waals surface area contributed by atoms with E-state index in [0.717, 1.165) is 16.8 Å². The lowest BCUT2D eigenvalue weighted by molar-refractivity contribution is 0.230. The molecule has 0 amide bonds. The summed E-state index contributed by atoms with van der Waals surface area (Å²) < 4.78 is 24.0. The molecule has 0 aliphatic heterocycles. The van der Waals surface area contributed by atoms with Crippen LogP contribution in [0.5, 0.6) is 0 Å². The van der Waals surface area contributed by atoms with Gasteiger partial charge in [0.05, 0.1) is 24.2 Å². The minimum absolute atomic E-state index is 0.291. The molecule has 0 spiro atoms. The molecule has 6 heteroatoms. The first kappa shape index (κ1) is 18.5. The van der Waals surface area contributed by atoms with Crippen LogP contribution in [0.4, 0.5) is 11.4 Å². The molecule has 2 rings (SSSR count). The minimum Gasteiger partial charge on any atom is -0.305 e. The summed E-state index contributed by atoms with van der Waals surface area (Å²) in [5.41, 5.74) is 3.19. The van der Waals surface area contributed by atoms with E-state index < -0.39 is 7.60 Å². The normalized spacial score (nSPS) is 12.0. The molecule has 5 nitrogen and oxygen atoms in total. The van der Waals surface area contributed by atoms with Gasteiger partial charge in [0.2, 0.25) is 0 Å². The van der Waals surface area contributed by atoms with E-state index in [-0.39, 0.29) is 0 Å². The number of benzene rings is 2. The van der Waals surface area contributed by atoms with Crippen LogP contribution in [0.15, 0.2) is 52.7 Å². The third kappa shape index (κ3) is 4.18. The highest BCUT2D eigenvalue weighted by Crippen LogP contribution is 2.49. The Bertz CT molecular complexity index is 765. The summed E-state index contributed by atoms with van der Waals surface area (Å²) in [4.78, 5) is 0. The van der Waals surface area contributed by atoms with Crippen LogP contribution in [0.3, 0.4) is 0 Å². The largest absolute Gasteiger partial charge is 0.363 e. The van der Waals surface area contributed by atoms with E-state index in [4.69, 9.17) is 9.05 Å². The van der Waals surface area contributed by atoms with E-state index in [2.05, 4.69) is 10.2 Å². The average molecular weight is 346 g/mol. The first-order valence-electron chi connectivity index (χ1n) is 7.98. The highest BCUT2D eigenvalue weighted by atomic mass is 31.2. The quantitative estimate of drug-likeness (QED) is 0.483. The van der Waals surface area contributed by atoms with Gasteiger partial charge in [0.15, 0.2) is 0 Å². The molecule has 0 aromatic heterocycles. The number of azo groups is 1. The van der Waals surface area contributed by atoms with Crippen LogP contribution >= 0.6 is 7.60 Å². The summed E-state index contributed by atoms with van der Waals surface area (Å²) in [6.07, 6.45) is 0. The number of rotatable bonds is 7. The molecule has 0 saturated carbocycles. The Morgan fingerprint density at radius 1 is 0.875 bits per heavy atom. The van der Waals surface area contributed by atoms with Gasteiger partial charge in [-0.3, -0.25) is 4.57 Å². The van der Waals surface area contributed by atoms with Crippen LogP contribution in [-0.2, 0) is 13.6 Å². The average Bonchev–Trinajstić information content (AvgIpc) is 2.55. The Morgan fingerprint density at radius 2 is 1.50 bits per heavy atom. The van der Waals surface area contributed by atoms with Crippen molar-refractivity contribution in [2.24, 2.45) is 10.2 Å². The maximum absolute atomic E-state index is 13.1. The van der Waals surface area contributed by atoms with Crippen LogP contribution in [0, 0.1) is 13.8 Å². The first-order valence-corrected chi connectivity index (χ1v) is 9.52. The predicted molar refractivity (Wildman–Crippen MR) is 97.0 cm³/mol. The fourth-order valence-electron chi connectivity index (χ4n) is 2.29. The molecule has 24 heavy (non-hydrogen) atoms. The molecule has 0 unspecified atom stereocenters. The lowest BCUT2D eigenvalue weighted by Crippen LogP contribution is -2.12. The smallest absolute Gasteiger partial charge is 0.305 e. The van der Waals surface area contributed by atoms with E-state index in [9.17, 15) is 4.57 Å². The third-order valence-electron chi connectivity index (χ3n) is 3.48. The SMILES string of the molecule is CCOP(=O)(OCC)c1cccc(C)c1N=Nc1ccccc1C. The Hall–Kier alpha value is -1.81. The zero-order valence-corrected chi connectivity index (χ0v) is 15.4. The summed E-state index contributed by atoms with van der Waals surface area (Å²) >= 11 is 0. The molecule has 0 aliphatic carbocycles. The molecule has 0 saturated heterocycles. The van der Waals surface area contributed by atoms with Crippen LogP contribution in [0.25, 0.3) is 0 Å². The second kappa shape index (κ2) is 8.34. The van der Waals surface area contributed by atoms with Gasteiger partial charge in [-0.15, -0.1) is 5.11 Å². The molecule has 2 aromatic carbocycles. The molecule has 0 bridgehead atoms. The fraction of sp³-hybridized carbons (Fsp3) is 0.333. The van der Waals surface area contributed by atoms with E-state index in [1.54, 1.807) is 19.9 Å². The van der Waals surface area contributed by atoms with Crippen molar-refractivity contribution in [3.8, 4) is 0 Å². The van der Waals surface area contributed by atoms with E-state index in [1.807, 2.05) is 50.2 Å². The summed E-state index contributed by atoms with van der Waals surface area (Å²) in [6.45, 7) is 8.03. The van der Waals surface area contributed by atoms with Gasteiger partial charge in [-0.1, -0.05) is 30.3 Å². The van der Waals surface area contributed by atoms with Crippen molar-refractivity contribution in [2.45, 2.75) is 27.7 Å². The molecule has 128 valence electrons. The van der Waals surface area contributed by atoms with E-state index >= 15 is 0 Å². The lowest BCUT2D eigenvalue weighted by Gasteiger charge is -2.19. The molecule has 0 N–H and O–H groups in total. The molecule has 2 aromatic rings. The van der Waals surface area contributed by atoms with E-state index in [1.165, 1.54) is 0 Å². The van der Waals surface area contributed by atoms with Crippen LogP contribution in [0.1, 0.15) is 25.0 Å². The van der Waals surface area contributed by atoms with Crippen LogP contribution < -0.4 is 5.30 Å². The molecular formula is C18H23N2O3P. The zero-order valence-electron chi connectivity index (χ0n) is 14.5. The van der Waals surface area contributed by atoms with Gasteiger partial charge in [0.25, 0.3) is 0 Å². The van der Waals surface area contributed by atoms with Crippen molar-refractivity contribution in [1.82, 2.24) is 0 Å². The number of aryl methyl sites for hydroxylation is 2.